The van der Waals surface area contributed by atoms with Gasteiger partial charge in [0.05, 0.1) is 19.8 Å². The van der Waals surface area contributed by atoms with Crippen LogP contribution in [0.4, 0.5) is 0 Å². The Hall–Kier alpha value is -1.84. The number of aliphatic imine (C=N–C) groups is 1. The normalized spacial score (nSPS) is 15.7. The van der Waals surface area contributed by atoms with Crippen molar-refractivity contribution in [3.05, 3.63) is 64.7 Å². The molecule has 0 aliphatic carbocycles. The molecule has 7 heteroatoms. The van der Waals surface area contributed by atoms with Gasteiger partial charge in [0.25, 0.3) is 0 Å². The molecule has 1 unspecified atom stereocenters. The molecule has 0 spiro atoms. The number of guanidine groups is 1. The summed E-state index contributed by atoms with van der Waals surface area (Å²) in [6.07, 6.45) is 2.09. The molecule has 6 nitrogen and oxygen atoms in total. The summed E-state index contributed by atoms with van der Waals surface area (Å²) in [5.41, 5.74) is 4.72. The second kappa shape index (κ2) is 15.1. The Labute approximate surface area is 215 Å². The highest BCUT2D eigenvalue weighted by atomic mass is 127. The van der Waals surface area contributed by atoms with E-state index in [1.165, 1.54) is 16.7 Å². The van der Waals surface area contributed by atoms with E-state index in [0.717, 1.165) is 49.9 Å². The number of rotatable bonds is 11. The standard InChI is InChI=1S/C26H37N3O3.HI/c1-4-12-30-19-24-8-6-5-7-22(24)15-28-26(27-3)29-16-23-10-9-20(2)14-25(23)32-18-21-11-13-31-17-21;/h5-10,14,21H,4,11-13,15-19H2,1-3H3,(H2,27,28,29);1H. The lowest BCUT2D eigenvalue weighted by Crippen LogP contribution is -2.36. The fourth-order valence-electron chi connectivity index (χ4n) is 3.64. The number of aryl methyl sites for hydroxylation is 1. The molecule has 0 amide bonds. The molecule has 0 bridgehead atoms. The van der Waals surface area contributed by atoms with Crippen molar-refractivity contribution in [2.75, 3.05) is 33.5 Å². The first-order valence-electron chi connectivity index (χ1n) is 11.6. The third-order valence-corrected chi connectivity index (χ3v) is 5.56. The van der Waals surface area contributed by atoms with Gasteiger partial charge in [-0.2, -0.15) is 0 Å². The van der Waals surface area contributed by atoms with Crippen LogP contribution in [0.3, 0.4) is 0 Å². The molecule has 182 valence electrons. The zero-order valence-electron chi connectivity index (χ0n) is 20.1. The highest BCUT2D eigenvalue weighted by molar-refractivity contribution is 14.0. The van der Waals surface area contributed by atoms with E-state index in [-0.39, 0.29) is 24.0 Å². The lowest BCUT2D eigenvalue weighted by molar-refractivity contribution is 0.121. The second-order valence-electron chi connectivity index (χ2n) is 8.25. The molecule has 2 aromatic rings. The number of nitrogens with one attached hydrogen (secondary N) is 2. The molecular formula is C26H38IN3O3. The molecule has 1 fully saturated rings. The predicted octanol–water partition coefficient (Wildman–Crippen LogP) is 4.82. The van der Waals surface area contributed by atoms with Crippen LogP contribution in [-0.4, -0.2) is 39.4 Å². The fourth-order valence-corrected chi connectivity index (χ4v) is 3.64. The molecule has 0 aromatic heterocycles. The van der Waals surface area contributed by atoms with Crippen molar-refractivity contribution in [1.82, 2.24) is 10.6 Å². The van der Waals surface area contributed by atoms with Crippen molar-refractivity contribution < 1.29 is 14.2 Å². The van der Waals surface area contributed by atoms with Crippen molar-refractivity contribution in [3.8, 4) is 5.75 Å². The van der Waals surface area contributed by atoms with Crippen LogP contribution in [-0.2, 0) is 29.2 Å². The Morgan fingerprint density at radius 2 is 1.85 bits per heavy atom. The Morgan fingerprint density at radius 3 is 2.55 bits per heavy atom. The van der Waals surface area contributed by atoms with Crippen LogP contribution in [0.2, 0.25) is 0 Å². The van der Waals surface area contributed by atoms with Crippen LogP contribution in [0.25, 0.3) is 0 Å². The minimum Gasteiger partial charge on any atom is -0.493 e. The van der Waals surface area contributed by atoms with E-state index in [1.807, 2.05) is 0 Å². The lowest BCUT2D eigenvalue weighted by Gasteiger charge is -2.17. The predicted molar refractivity (Wildman–Crippen MR) is 144 cm³/mol. The van der Waals surface area contributed by atoms with E-state index in [4.69, 9.17) is 14.2 Å². The van der Waals surface area contributed by atoms with Gasteiger partial charge < -0.3 is 24.8 Å². The van der Waals surface area contributed by atoms with E-state index in [2.05, 4.69) is 71.9 Å². The van der Waals surface area contributed by atoms with E-state index >= 15 is 0 Å². The van der Waals surface area contributed by atoms with Gasteiger partial charge in [0.15, 0.2) is 5.96 Å². The van der Waals surface area contributed by atoms with Gasteiger partial charge in [0.2, 0.25) is 0 Å². The molecule has 1 saturated heterocycles. The van der Waals surface area contributed by atoms with Crippen LogP contribution >= 0.6 is 24.0 Å². The number of halogens is 1. The number of hydrogen-bond donors (Lipinski definition) is 2. The molecule has 3 rings (SSSR count). The highest BCUT2D eigenvalue weighted by Gasteiger charge is 2.17. The molecule has 1 aliphatic rings. The minimum absolute atomic E-state index is 0. The lowest BCUT2D eigenvalue weighted by atomic mass is 10.1. The quantitative estimate of drug-likeness (QED) is 0.177. The first kappa shape index (κ1) is 27.4. The molecule has 2 aromatic carbocycles. The largest absolute Gasteiger partial charge is 0.493 e. The Kier molecular flexibility index (Phi) is 12.6. The summed E-state index contributed by atoms with van der Waals surface area (Å²) >= 11 is 0. The number of nitrogens with zero attached hydrogens (tertiary/aromatic N) is 1. The number of ether oxygens (including phenoxy) is 3. The van der Waals surface area contributed by atoms with Gasteiger partial charge in [-0.3, -0.25) is 4.99 Å². The van der Waals surface area contributed by atoms with Gasteiger partial charge >= 0.3 is 0 Å². The maximum absolute atomic E-state index is 6.17. The molecular weight excluding hydrogens is 529 g/mol. The van der Waals surface area contributed by atoms with E-state index < -0.39 is 0 Å². The Bertz CT molecular complexity index is 870. The second-order valence-corrected chi connectivity index (χ2v) is 8.25. The average molecular weight is 568 g/mol. The van der Waals surface area contributed by atoms with Gasteiger partial charge in [0.1, 0.15) is 5.75 Å². The third kappa shape index (κ3) is 9.14. The summed E-state index contributed by atoms with van der Waals surface area (Å²) < 4.78 is 17.4. The zero-order valence-corrected chi connectivity index (χ0v) is 22.4. The fraction of sp³-hybridized carbons (Fsp3) is 0.500. The van der Waals surface area contributed by atoms with Crippen molar-refractivity contribution >= 4 is 29.9 Å². The highest BCUT2D eigenvalue weighted by Crippen LogP contribution is 2.22. The molecule has 1 atom stereocenters. The van der Waals surface area contributed by atoms with E-state index in [1.54, 1.807) is 7.05 Å². The van der Waals surface area contributed by atoms with Crippen molar-refractivity contribution in [2.45, 2.75) is 46.4 Å². The van der Waals surface area contributed by atoms with Crippen LogP contribution in [0.15, 0.2) is 47.5 Å². The topological polar surface area (TPSA) is 64.1 Å². The van der Waals surface area contributed by atoms with E-state index in [0.29, 0.717) is 32.2 Å². The van der Waals surface area contributed by atoms with Gasteiger partial charge in [-0.1, -0.05) is 43.3 Å². The van der Waals surface area contributed by atoms with Crippen LogP contribution < -0.4 is 15.4 Å². The molecule has 1 heterocycles. The summed E-state index contributed by atoms with van der Waals surface area (Å²) in [5.74, 6) is 2.16. The summed E-state index contributed by atoms with van der Waals surface area (Å²) in [4.78, 5) is 4.39. The van der Waals surface area contributed by atoms with Crippen molar-refractivity contribution in [1.29, 1.82) is 0 Å². The molecule has 33 heavy (non-hydrogen) atoms. The van der Waals surface area contributed by atoms with Crippen molar-refractivity contribution in [2.24, 2.45) is 10.9 Å². The maximum atomic E-state index is 6.17. The summed E-state index contributed by atoms with van der Waals surface area (Å²) in [5, 5.41) is 6.84. The zero-order chi connectivity index (χ0) is 22.6. The molecule has 1 aliphatic heterocycles. The summed E-state index contributed by atoms with van der Waals surface area (Å²) in [6, 6.07) is 14.7. The SMILES string of the molecule is CCCOCc1ccccc1CNC(=NC)NCc1ccc(C)cc1OCC1CCOC1.I. The Morgan fingerprint density at radius 1 is 1.09 bits per heavy atom. The summed E-state index contributed by atoms with van der Waals surface area (Å²) in [7, 11) is 1.79. The first-order valence-corrected chi connectivity index (χ1v) is 11.6. The monoisotopic (exact) mass is 567 g/mol. The van der Waals surface area contributed by atoms with Gasteiger partial charge in [-0.25, -0.2) is 0 Å². The third-order valence-electron chi connectivity index (χ3n) is 5.56. The molecule has 0 radical (unpaired) electrons. The number of benzene rings is 2. The molecule has 0 saturated carbocycles. The first-order chi connectivity index (χ1) is 15.7. The Balaban J connectivity index is 0.00000385. The van der Waals surface area contributed by atoms with E-state index in [9.17, 15) is 0 Å². The minimum atomic E-state index is 0. The van der Waals surface area contributed by atoms with Gasteiger partial charge in [-0.15, -0.1) is 24.0 Å². The number of hydrogen-bond acceptors (Lipinski definition) is 4. The van der Waals surface area contributed by atoms with Crippen LogP contribution in [0.5, 0.6) is 5.75 Å². The van der Waals surface area contributed by atoms with Gasteiger partial charge in [-0.05, 0) is 42.5 Å². The molecule has 2 N–H and O–H groups in total. The van der Waals surface area contributed by atoms with Crippen molar-refractivity contribution in [3.63, 3.8) is 0 Å². The average Bonchev–Trinajstić information content (AvgIpc) is 3.33. The van der Waals surface area contributed by atoms with Crippen LogP contribution in [0.1, 0.15) is 42.0 Å². The smallest absolute Gasteiger partial charge is 0.191 e. The summed E-state index contributed by atoms with van der Waals surface area (Å²) in [6.45, 7) is 9.27. The van der Waals surface area contributed by atoms with Crippen LogP contribution in [0, 0.1) is 12.8 Å². The van der Waals surface area contributed by atoms with Gasteiger partial charge in [0, 0.05) is 44.8 Å². The maximum Gasteiger partial charge on any atom is 0.191 e.